The zero-order valence-electron chi connectivity index (χ0n) is 7.76. The molecule has 0 atom stereocenters. The molecular weight excluding hydrogens is 150 g/mol. The molecule has 2 fully saturated rings. The Morgan fingerprint density at radius 3 is 2.75 bits per heavy atom. The second kappa shape index (κ2) is 3.35. The molecule has 0 aromatic heterocycles. The van der Waals surface area contributed by atoms with Gasteiger partial charge < -0.3 is 10.0 Å². The van der Waals surface area contributed by atoms with Crippen LogP contribution in [0.15, 0.2) is 0 Å². The molecule has 1 aliphatic carbocycles. The van der Waals surface area contributed by atoms with Crippen LogP contribution < -0.4 is 0 Å². The Hall–Kier alpha value is -0.0800. The van der Waals surface area contributed by atoms with Gasteiger partial charge in [0.2, 0.25) is 0 Å². The summed E-state index contributed by atoms with van der Waals surface area (Å²) in [7, 11) is 0. The van der Waals surface area contributed by atoms with Crippen LogP contribution in [0.25, 0.3) is 0 Å². The van der Waals surface area contributed by atoms with Crippen LogP contribution in [0.1, 0.15) is 32.1 Å². The molecule has 0 bridgehead atoms. The van der Waals surface area contributed by atoms with Crippen molar-refractivity contribution in [3.05, 3.63) is 0 Å². The van der Waals surface area contributed by atoms with Crippen molar-refractivity contribution < 1.29 is 5.11 Å². The van der Waals surface area contributed by atoms with E-state index in [4.69, 9.17) is 5.11 Å². The molecule has 70 valence electrons. The van der Waals surface area contributed by atoms with Gasteiger partial charge in [0.1, 0.15) is 0 Å². The zero-order valence-corrected chi connectivity index (χ0v) is 7.76. The van der Waals surface area contributed by atoms with Crippen LogP contribution in [0, 0.1) is 5.41 Å². The van der Waals surface area contributed by atoms with Crippen LogP contribution in [0.2, 0.25) is 0 Å². The van der Waals surface area contributed by atoms with E-state index < -0.39 is 0 Å². The van der Waals surface area contributed by atoms with Crippen LogP contribution >= 0.6 is 0 Å². The minimum Gasteiger partial charge on any atom is -0.396 e. The number of hydrogen-bond donors (Lipinski definition) is 1. The number of piperidine rings is 1. The van der Waals surface area contributed by atoms with Crippen LogP contribution in [0.5, 0.6) is 0 Å². The summed E-state index contributed by atoms with van der Waals surface area (Å²) in [6.07, 6.45) is 6.72. The van der Waals surface area contributed by atoms with E-state index in [1.807, 2.05) is 0 Å². The van der Waals surface area contributed by atoms with Gasteiger partial charge in [-0.25, -0.2) is 0 Å². The lowest BCUT2D eigenvalue weighted by molar-refractivity contribution is 0.147. The first-order valence-corrected chi connectivity index (χ1v) is 5.18. The summed E-state index contributed by atoms with van der Waals surface area (Å²) in [5, 5.41) is 8.72. The van der Waals surface area contributed by atoms with E-state index in [0.29, 0.717) is 6.61 Å². The predicted octanol–water partition coefficient (Wildman–Crippen LogP) is 1.24. The number of nitrogens with zero attached hydrogens (tertiary/aromatic N) is 1. The summed E-state index contributed by atoms with van der Waals surface area (Å²) in [6, 6.07) is 0. The smallest absolute Gasteiger partial charge is 0.0443 e. The molecule has 0 radical (unpaired) electrons. The first-order valence-electron chi connectivity index (χ1n) is 5.18. The first kappa shape index (κ1) is 8.52. The molecule has 2 rings (SSSR count). The quantitative estimate of drug-likeness (QED) is 0.687. The van der Waals surface area contributed by atoms with E-state index in [2.05, 4.69) is 4.90 Å². The number of rotatable bonds is 3. The Morgan fingerprint density at radius 2 is 2.08 bits per heavy atom. The maximum absolute atomic E-state index is 8.72. The summed E-state index contributed by atoms with van der Waals surface area (Å²) in [4.78, 5) is 2.53. The van der Waals surface area contributed by atoms with Gasteiger partial charge in [-0.1, -0.05) is 0 Å². The molecule has 0 amide bonds. The second-order valence-corrected chi connectivity index (χ2v) is 4.46. The number of aliphatic hydroxyl groups is 1. The summed E-state index contributed by atoms with van der Waals surface area (Å²) in [5.41, 5.74) is 0.744. The van der Waals surface area contributed by atoms with Crippen molar-refractivity contribution in [3.63, 3.8) is 0 Å². The normalized spacial score (nSPS) is 27.8. The fourth-order valence-corrected chi connectivity index (χ4v) is 2.38. The highest BCUT2D eigenvalue weighted by Gasteiger charge is 2.44. The summed E-state index contributed by atoms with van der Waals surface area (Å²) < 4.78 is 0. The largest absolute Gasteiger partial charge is 0.396 e. The predicted molar refractivity (Wildman–Crippen MR) is 49.0 cm³/mol. The molecule has 0 aromatic carbocycles. The second-order valence-electron chi connectivity index (χ2n) is 4.46. The molecule has 1 aliphatic heterocycles. The Balaban J connectivity index is 1.75. The maximum atomic E-state index is 8.72. The molecule has 0 unspecified atom stereocenters. The number of hydrogen-bond acceptors (Lipinski definition) is 2. The molecular formula is C10H19NO. The van der Waals surface area contributed by atoms with E-state index in [9.17, 15) is 0 Å². The topological polar surface area (TPSA) is 23.5 Å². The van der Waals surface area contributed by atoms with Crippen molar-refractivity contribution in [3.8, 4) is 0 Å². The van der Waals surface area contributed by atoms with Crippen molar-refractivity contribution in [1.29, 1.82) is 0 Å². The molecule has 2 nitrogen and oxygen atoms in total. The van der Waals surface area contributed by atoms with Crippen LogP contribution in [-0.2, 0) is 0 Å². The van der Waals surface area contributed by atoms with Crippen molar-refractivity contribution in [2.45, 2.75) is 32.1 Å². The highest BCUT2D eigenvalue weighted by atomic mass is 16.3. The molecule has 0 aromatic rings. The third kappa shape index (κ3) is 1.80. The Morgan fingerprint density at radius 1 is 1.25 bits per heavy atom. The molecule has 1 saturated carbocycles. The van der Waals surface area contributed by atoms with E-state index in [-0.39, 0.29) is 0 Å². The van der Waals surface area contributed by atoms with Crippen LogP contribution in [-0.4, -0.2) is 36.2 Å². The van der Waals surface area contributed by atoms with Crippen LogP contribution in [0.4, 0.5) is 0 Å². The lowest BCUT2D eigenvalue weighted by atomic mass is 9.95. The molecule has 2 heteroatoms. The summed E-state index contributed by atoms with van der Waals surface area (Å²) >= 11 is 0. The number of likely N-dealkylation sites (tertiary alicyclic amines) is 1. The number of aliphatic hydroxyl groups excluding tert-OH is 1. The van der Waals surface area contributed by atoms with Crippen molar-refractivity contribution >= 4 is 0 Å². The van der Waals surface area contributed by atoms with E-state index in [1.165, 1.54) is 38.8 Å². The van der Waals surface area contributed by atoms with Crippen molar-refractivity contribution in [2.24, 2.45) is 5.41 Å². The fraction of sp³-hybridized carbons (Fsp3) is 1.00. The minimum absolute atomic E-state index is 0.351. The van der Waals surface area contributed by atoms with E-state index in [0.717, 1.165) is 18.4 Å². The fourth-order valence-electron chi connectivity index (χ4n) is 2.38. The van der Waals surface area contributed by atoms with E-state index >= 15 is 0 Å². The van der Waals surface area contributed by atoms with Crippen molar-refractivity contribution in [1.82, 2.24) is 4.90 Å². The van der Waals surface area contributed by atoms with Gasteiger partial charge in [0.05, 0.1) is 0 Å². The Bertz CT molecular complexity index is 154. The third-order valence-electron chi connectivity index (χ3n) is 3.33. The molecule has 1 spiro atoms. The Labute approximate surface area is 74.6 Å². The van der Waals surface area contributed by atoms with Gasteiger partial charge in [-0.2, -0.15) is 0 Å². The van der Waals surface area contributed by atoms with Gasteiger partial charge in [-0.05, 0) is 44.1 Å². The standard InChI is InChI=1S/C10H19NO/c12-8-2-7-11-6-1-3-10(9-11)4-5-10/h12H,1-9H2. The minimum atomic E-state index is 0.351. The first-order chi connectivity index (χ1) is 5.85. The Kier molecular flexibility index (Phi) is 2.37. The molecule has 1 N–H and O–H groups in total. The lowest BCUT2D eigenvalue weighted by Crippen LogP contribution is -2.37. The zero-order chi connectivity index (χ0) is 8.44. The van der Waals surface area contributed by atoms with Gasteiger partial charge in [-0.3, -0.25) is 0 Å². The van der Waals surface area contributed by atoms with Crippen LogP contribution in [0.3, 0.4) is 0 Å². The van der Waals surface area contributed by atoms with Gasteiger partial charge in [-0.15, -0.1) is 0 Å². The summed E-state index contributed by atoms with van der Waals surface area (Å²) in [5.74, 6) is 0. The maximum Gasteiger partial charge on any atom is 0.0443 e. The van der Waals surface area contributed by atoms with Gasteiger partial charge in [0, 0.05) is 19.7 Å². The highest BCUT2D eigenvalue weighted by Crippen LogP contribution is 2.51. The SMILES string of the molecule is OCCCN1CCCC2(CC2)C1. The average Bonchev–Trinajstić information content (AvgIpc) is 2.82. The highest BCUT2D eigenvalue weighted by molar-refractivity contribution is 4.97. The van der Waals surface area contributed by atoms with Gasteiger partial charge in [0.25, 0.3) is 0 Å². The molecule has 2 aliphatic rings. The molecule has 1 heterocycles. The lowest BCUT2D eigenvalue weighted by Gasteiger charge is -2.32. The third-order valence-corrected chi connectivity index (χ3v) is 3.33. The van der Waals surface area contributed by atoms with Gasteiger partial charge >= 0.3 is 0 Å². The van der Waals surface area contributed by atoms with Crippen molar-refractivity contribution in [2.75, 3.05) is 26.2 Å². The van der Waals surface area contributed by atoms with Gasteiger partial charge in [0.15, 0.2) is 0 Å². The van der Waals surface area contributed by atoms with E-state index in [1.54, 1.807) is 0 Å². The molecule has 1 saturated heterocycles. The summed E-state index contributed by atoms with van der Waals surface area (Å²) in [6.45, 7) is 4.04. The average molecular weight is 169 g/mol. The molecule has 12 heavy (non-hydrogen) atoms. The monoisotopic (exact) mass is 169 g/mol.